The van der Waals surface area contributed by atoms with Crippen LogP contribution in [0.3, 0.4) is 0 Å². The molecule has 1 aromatic carbocycles. The largest absolute Gasteiger partial charge is 0.459 e. The molecule has 1 aromatic heterocycles. The summed E-state index contributed by atoms with van der Waals surface area (Å²) in [5.41, 5.74) is 7.12. The highest BCUT2D eigenvalue weighted by Gasteiger charge is 2.29. The van der Waals surface area contributed by atoms with E-state index in [9.17, 15) is 4.79 Å². The molecule has 2 aromatic rings. The number of amides is 1. The van der Waals surface area contributed by atoms with Gasteiger partial charge in [0, 0.05) is 11.4 Å². The van der Waals surface area contributed by atoms with Crippen LogP contribution in [0.1, 0.15) is 44.9 Å². The van der Waals surface area contributed by atoms with Gasteiger partial charge in [-0.1, -0.05) is 31.5 Å². The van der Waals surface area contributed by atoms with Crippen molar-refractivity contribution in [1.82, 2.24) is 16.2 Å². The Morgan fingerprint density at radius 3 is 3.00 bits per heavy atom. The summed E-state index contributed by atoms with van der Waals surface area (Å²) in [6.07, 6.45) is 3.02. The van der Waals surface area contributed by atoms with Crippen molar-refractivity contribution in [2.75, 3.05) is 0 Å². The van der Waals surface area contributed by atoms with Crippen molar-refractivity contribution in [3.8, 4) is 0 Å². The Morgan fingerprint density at radius 2 is 2.23 bits per heavy atom. The zero-order chi connectivity index (χ0) is 15.5. The first-order chi connectivity index (χ1) is 10.7. The fourth-order valence-corrected chi connectivity index (χ4v) is 2.93. The lowest BCUT2D eigenvalue weighted by Crippen LogP contribution is -2.44. The average molecular weight is 301 g/mol. The fraction of sp³-hybridized carbons (Fsp3) is 0.471. The van der Waals surface area contributed by atoms with E-state index in [1.807, 2.05) is 37.3 Å². The van der Waals surface area contributed by atoms with Crippen molar-refractivity contribution < 1.29 is 9.21 Å². The molecular formula is C17H23N3O2. The highest BCUT2D eigenvalue weighted by Crippen LogP contribution is 2.23. The van der Waals surface area contributed by atoms with E-state index in [0.29, 0.717) is 6.04 Å². The van der Waals surface area contributed by atoms with Crippen LogP contribution in [-0.2, 0) is 4.79 Å². The molecule has 1 fully saturated rings. The molecule has 118 valence electrons. The quantitative estimate of drug-likeness (QED) is 0.794. The predicted octanol–water partition coefficient (Wildman–Crippen LogP) is 2.65. The molecule has 0 spiro atoms. The summed E-state index contributed by atoms with van der Waals surface area (Å²) >= 11 is 0. The smallest absolute Gasteiger partial charge is 0.239 e. The number of rotatable bonds is 5. The van der Waals surface area contributed by atoms with E-state index in [2.05, 4.69) is 23.1 Å². The van der Waals surface area contributed by atoms with E-state index in [4.69, 9.17) is 4.42 Å². The van der Waals surface area contributed by atoms with Crippen molar-refractivity contribution in [2.24, 2.45) is 0 Å². The van der Waals surface area contributed by atoms with Crippen molar-refractivity contribution in [1.29, 1.82) is 0 Å². The van der Waals surface area contributed by atoms with Gasteiger partial charge in [0.2, 0.25) is 5.91 Å². The first-order valence-corrected chi connectivity index (χ1v) is 7.97. The molecule has 5 heteroatoms. The van der Waals surface area contributed by atoms with Crippen molar-refractivity contribution in [3.05, 3.63) is 36.1 Å². The van der Waals surface area contributed by atoms with E-state index in [-0.39, 0.29) is 18.0 Å². The molecular weight excluding hydrogens is 278 g/mol. The number of carbonyl (C=O) groups excluding carboxylic acids is 1. The van der Waals surface area contributed by atoms with Gasteiger partial charge in [-0.25, -0.2) is 5.43 Å². The molecule has 3 N–H and O–H groups in total. The molecule has 0 radical (unpaired) electrons. The number of furan rings is 1. The van der Waals surface area contributed by atoms with Gasteiger partial charge in [-0.3, -0.25) is 10.2 Å². The number of fused-ring (bicyclic) bond motifs is 1. The summed E-state index contributed by atoms with van der Waals surface area (Å²) in [6.45, 7) is 4.10. The third kappa shape index (κ3) is 3.15. The predicted molar refractivity (Wildman–Crippen MR) is 86.1 cm³/mol. The van der Waals surface area contributed by atoms with Crippen LogP contribution in [0.4, 0.5) is 0 Å². The van der Waals surface area contributed by atoms with Crippen molar-refractivity contribution in [2.45, 2.75) is 51.2 Å². The molecule has 3 atom stereocenters. The lowest BCUT2D eigenvalue weighted by atomic mass is 10.1. The molecule has 22 heavy (non-hydrogen) atoms. The second-order valence-electron chi connectivity index (χ2n) is 5.98. The number of hydrogen-bond acceptors (Lipinski definition) is 4. The van der Waals surface area contributed by atoms with Crippen LogP contribution >= 0.6 is 0 Å². The molecule has 1 aliphatic rings. The number of nitrogens with one attached hydrogen (secondary N) is 3. The van der Waals surface area contributed by atoms with Crippen LogP contribution in [-0.4, -0.2) is 18.0 Å². The van der Waals surface area contributed by atoms with E-state index in [0.717, 1.165) is 36.0 Å². The molecule has 0 bridgehead atoms. The maximum atomic E-state index is 12.3. The van der Waals surface area contributed by atoms with E-state index in [1.54, 1.807) is 0 Å². The SMILES string of the molecule is CCCC1CC(C(=O)NC(C)c2cc3ccccc3o2)NN1. The highest BCUT2D eigenvalue weighted by molar-refractivity contribution is 5.83. The van der Waals surface area contributed by atoms with Gasteiger partial charge < -0.3 is 9.73 Å². The molecule has 2 heterocycles. The van der Waals surface area contributed by atoms with Gasteiger partial charge in [0.05, 0.1) is 6.04 Å². The summed E-state index contributed by atoms with van der Waals surface area (Å²) in [5.74, 6) is 0.796. The minimum absolute atomic E-state index is 0.0130. The van der Waals surface area contributed by atoms with E-state index in [1.165, 1.54) is 0 Å². The highest BCUT2D eigenvalue weighted by atomic mass is 16.3. The van der Waals surface area contributed by atoms with E-state index < -0.39 is 0 Å². The van der Waals surface area contributed by atoms with Gasteiger partial charge in [0.1, 0.15) is 17.4 Å². The van der Waals surface area contributed by atoms with Gasteiger partial charge in [-0.15, -0.1) is 0 Å². The van der Waals surface area contributed by atoms with Crippen LogP contribution in [0.15, 0.2) is 34.7 Å². The second-order valence-corrected chi connectivity index (χ2v) is 5.98. The topological polar surface area (TPSA) is 66.3 Å². The van der Waals surface area contributed by atoms with Crippen LogP contribution < -0.4 is 16.2 Å². The van der Waals surface area contributed by atoms with Gasteiger partial charge in [-0.2, -0.15) is 0 Å². The minimum Gasteiger partial charge on any atom is -0.459 e. The normalized spacial score (nSPS) is 22.8. The number of carbonyl (C=O) groups is 1. The standard InChI is InChI=1S/C17H23N3O2/c1-3-6-13-10-14(20-19-13)17(21)18-11(2)16-9-12-7-4-5-8-15(12)22-16/h4-5,7-9,11,13-14,19-20H,3,6,10H2,1-2H3,(H,18,21). The van der Waals surface area contributed by atoms with Crippen molar-refractivity contribution in [3.63, 3.8) is 0 Å². The third-order valence-corrected chi connectivity index (χ3v) is 4.17. The van der Waals surface area contributed by atoms with E-state index >= 15 is 0 Å². The van der Waals surface area contributed by atoms with Gasteiger partial charge in [0.15, 0.2) is 0 Å². The number of para-hydroxylation sites is 1. The van der Waals surface area contributed by atoms with Crippen LogP contribution in [0, 0.1) is 0 Å². The number of hydrazine groups is 1. The fourth-order valence-electron chi connectivity index (χ4n) is 2.93. The summed E-state index contributed by atoms with van der Waals surface area (Å²) in [4.78, 5) is 12.3. The van der Waals surface area contributed by atoms with Gasteiger partial charge in [0.25, 0.3) is 0 Å². The number of hydrogen-bond donors (Lipinski definition) is 3. The Bertz CT molecular complexity index is 619. The van der Waals surface area contributed by atoms with Gasteiger partial charge >= 0.3 is 0 Å². The molecule has 5 nitrogen and oxygen atoms in total. The molecule has 3 unspecified atom stereocenters. The lowest BCUT2D eigenvalue weighted by molar-refractivity contribution is -0.123. The second kappa shape index (κ2) is 6.50. The van der Waals surface area contributed by atoms with Crippen LogP contribution in [0.25, 0.3) is 11.0 Å². The Kier molecular flexibility index (Phi) is 4.45. The van der Waals surface area contributed by atoms with Crippen LogP contribution in [0.2, 0.25) is 0 Å². The minimum atomic E-state index is -0.177. The summed E-state index contributed by atoms with van der Waals surface area (Å²) in [7, 11) is 0. The molecule has 1 saturated heterocycles. The first kappa shape index (κ1) is 15.1. The van der Waals surface area contributed by atoms with Gasteiger partial charge in [-0.05, 0) is 31.9 Å². The third-order valence-electron chi connectivity index (χ3n) is 4.17. The number of benzene rings is 1. The van der Waals surface area contributed by atoms with Crippen LogP contribution in [0.5, 0.6) is 0 Å². The molecule has 1 aliphatic heterocycles. The molecule has 3 rings (SSSR count). The zero-order valence-electron chi connectivity index (χ0n) is 13.1. The monoisotopic (exact) mass is 301 g/mol. The average Bonchev–Trinajstić information content (AvgIpc) is 3.13. The Balaban J connectivity index is 1.61. The summed E-state index contributed by atoms with van der Waals surface area (Å²) in [5, 5.41) is 4.08. The first-order valence-electron chi connectivity index (χ1n) is 7.97. The Labute approximate surface area is 130 Å². The molecule has 0 aliphatic carbocycles. The van der Waals surface area contributed by atoms with Crippen molar-refractivity contribution >= 4 is 16.9 Å². The lowest BCUT2D eigenvalue weighted by Gasteiger charge is -2.15. The zero-order valence-corrected chi connectivity index (χ0v) is 13.1. The maximum Gasteiger partial charge on any atom is 0.239 e. The molecule has 1 amide bonds. The Morgan fingerprint density at radius 1 is 1.41 bits per heavy atom. The Hall–Kier alpha value is -1.85. The maximum absolute atomic E-state index is 12.3. The molecule has 0 saturated carbocycles. The summed E-state index contributed by atoms with van der Waals surface area (Å²) in [6, 6.07) is 9.91. The summed E-state index contributed by atoms with van der Waals surface area (Å²) < 4.78 is 5.80.